The maximum atomic E-state index is 13.4. The van der Waals surface area contributed by atoms with Crippen LogP contribution in [0.15, 0.2) is 65.1 Å². The third-order valence-corrected chi connectivity index (χ3v) is 7.21. The molecule has 3 N–H and O–H groups in total. The van der Waals surface area contributed by atoms with Crippen molar-refractivity contribution in [2.75, 3.05) is 13.1 Å². The Kier molecular flexibility index (Phi) is 6.73. The first-order valence-electron chi connectivity index (χ1n) is 13.1. The number of para-hydroxylation sites is 2. The van der Waals surface area contributed by atoms with E-state index in [-0.39, 0.29) is 23.8 Å². The standard InChI is InChI=1S/C30H34N4O4/c1-18-13-21(34(17-18)29(37)25-15-20-10-6-8-12-24(20)38-25)16-31-28(36)26(30(2,3)4)33-27(35)23-14-19-9-5-7-11-22(19)32-23/h5-12,14-15,18,21,26,32H,13,16-17H2,1-4H3,(H,31,36)(H,33,35)/t18-,21-,26+/m0/s1. The summed E-state index contributed by atoms with van der Waals surface area (Å²) in [7, 11) is 0. The Labute approximate surface area is 221 Å². The highest BCUT2D eigenvalue weighted by Gasteiger charge is 2.37. The molecular formula is C30H34N4O4. The van der Waals surface area contributed by atoms with E-state index in [1.54, 1.807) is 17.0 Å². The van der Waals surface area contributed by atoms with Gasteiger partial charge in [0.15, 0.2) is 5.76 Å². The monoisotopic (exact) mass is 514 g/mol. The zero-order chi connectivity index (χ0) is 27.0. The molecule has 5 rings (SSSR count). The van der Waals surface area contributed by atoms with Crippen molar-refractivity contribution in [2.45, 2.75) is 46.2 Å². The number of H-pyrrole nitrogens is 1. The topological polar surface area (TPSA) is 107 Å². The molecule has 0 radical (unpaired) electrons. The molecule has 3 atom stereocenters. The van der Waals surface area contributed by atoms with Crippen LogP contribution in [0.3, 0.4) is 0 Å². The Morgan fingerprint density at radius 2 is 1.76 bits per heavy atom. The molecule has 0 spiro atoms. The number of aromatic amines is 1. The third-order valence-electron chi connectivity index (χ3n) is 7.21. The number of rotatable bonds is 6. The summed E-state index contributed by atoms with van der Waals surface area (Å²) in [6, 6.07) is 17.8. The number of aromatic nitrogens is 1. The zero-order valence-corrected chi connectivity index (χ0v) is 22.2. The van der Waals surface area contributed by atoms with E-state index < -0.39 is 11.5 Å². The first-order chi connectivity index (χ1) is 18.1. The fourth-order valence-electron chi connectivity index (χ4n) is 5.22. The second kappa shape index (κ2) is 10.0. The van der Waals surface area contributed by atoms with Gasteiger partial charge < -0.3 is 24.9 Å². The second-order valence-electron chi connectivity index (χ2n) is 11.4. The molecule has 38 heavy (non-hydrogen) atoms. The van der Waals surface area contributed by atoms with Gasteiger partial charge in [-0.1, -0.05) is 64.1 Å². The van der Waals surface area contributed by atoms with E-state index in [0.717, 1.165) is 22.7 Å². The van der Waals surface area contributed by atoms with Gasteiger partial charge in [-0.05, 0) is 42.0 Å². The van der Waals surface area contributed by atoms with Crippen molar-refractivity contribution >= 4 is 39.6 Å². The summed E-state index contributed by atoms with van der Waals surface area (Å²) in [5.74, 6) is -0.200. The molecule has 1 saturated heterocycles. The lowest BCUT2D eigenvalue weighted by Crippen LogP contribution is -2.55. The molecule has 8 heteroatoms. The van der Waals surface area contributed by atoms with Crippen molar-refractivity contribution in [2.24, 2.45) is 11.3 Å². The minimum absolute atomic E-state index is 0.167. The molecule has 0 unspecified atom stereocenters. The lowest BCUT2D eigenvalue weighted by molar-refractivity contribution is -0.125. The van der Waals surface area contributed by atoms with Gasteiger partial charge in [-0.25, -0.2) is 0 Å². The van der Waals surface area contributed by atoms with Gasteiger partial charge in [0.1, 0.15) is 17.3 Å². The van der Waals surface area contributed by atoms with Crippen LogP contribution in [-0.2, 0) is 4.79 Å². The van der Waals surface area contributed by atoms with Gasteiger partial charge in [0.2, 0.25) is 5.91 Å². The van der Waals surface area contributed by atoms with Crippen LogP contribution >= 0.6 is 0 Å². The highest BCUT2D eigenvalue weighted by atomic mass is 16.3. The van der Waals surface area contributed by atoms with Gasteiger partial charge in [0.05, 0.1) is 0 Å². The number of hydrogen-bond donors (Lipinski definition) is 3. The minimum atomic E-state index is -0.764. The molecule has 2 aromatic carbocycles. The zero-order valence-electron chi connectivity index (χ0n) is 22.2. The van der Waals surface area contributed by atoms with Crippen LogP contribution in [0.25, 0.3) is 21.9 Å². The molecule has 2 aromatic heterocycles. The number of fused-ring (bicyclic) bond motifs is 2. The van der Waals surface area contributed by atoms with Crippen molar-refractivity contribution in [3.8, 4) is 0 Å². The molecule has 0 aliphatic carbocycles. The largest absolute Gasteiger partial charge is 0.451 e. The molecule has 3 heterocycles. The SMILES string of the molecule is C[C@H]1C[C@@H](CNC(=O)[C@@H](NC(=O)c2cc3ccccc3[nH]2)C(C)(C)C)N(C(=O)c2cc3ccccc3o2)C1. The van der Waals surface area contributed by atoms with E-state index in [1.165, 1.54) is 0 Å². The molecular weight excluding hydrogens is 480 g/mol. The predicted molar refractivity (Wildman–Crippen MR) is 147 cm³/mol. The molecule has 198 valence electrons. The second-order valence-corrected chi connectivity index (χ2v) is 11.4. The number of carbonyl (C=O) groups excluding carboxylic acids is 3. The summed E-state index contributed by atoms with van der Waals surface area (Å²) < 4.78 is 5.81. The molecule has 8 nitrogen and oxygen atoms in total. The molecule has 1 aliphatic heterocycles. The number of carbonyl (C=O) groups is 3. The predicted octanol–water partition coefficient (Wildman–Crippen LogP) is 4.73. The molecule has 1 fully saturated rings. The summed E-state index contributed by atoms with van der Waals surface area (Å²) >= 11 is 0. The van der Waals surface area contributed by atoms with Crippen LogP contribution in [0.2, 0.25) is 0 Å². The molecule has 1 aliphatic rings. The van der Waals surface area contributed by atoms with Gasteiger partial charge in [-0.3, -0.25) is 14.4 Å². The smallest absolute Gasteiger partial charge is 0.289 e. The summed E-state index contributed by atoms with van der Waals surface area (Å²) in [6.07, 6.45) is 0.772. The summed E-state index contributed by atoms with van der Waals surface area (Å²) in [6.45, 7) is 8.73. The number of furan rings is 1. The molecule has 0 bridgehead atoms. The van der Waals surface area contributed by atoms with Crippen molar-refractivity contribution < 1.29 is 18.8 Å². The van der Waals surface area contributed by atoms with E-state index in [9.17, 15) is 14.4 Å². The quantitative estimate of drug-likeness (QED) is 0.346. The highest BCUT2D eigenvalue weighted by molar-refractivity contribution is 6.00. The Balaban J connectivity index is 1.27. The number of likely N-dealkylation sites (tertiary alicyclic amines) is 1. The maximum Gasteiger partial charge on any atom is 0.289 e. The molecule has 4 aromatic rings. The van der Waals surface area contributed by atoms with Crippen molar-refractivity contribution in [3.05, 3.63) is 72.1 Å². The summed E-state index contributed by atoms with van der Waals surface area (Å²) in [5, 5.41) is 7.74. The number of nitrogens with one attached hydrogen (secondary N) is 3. The number of hydrogen-bond acceptors (Lipinski definition) is 4. The Hall–Kier alpha value is -4.07. The van der Waals surface area contributed by atoms with Crippen LogP contribution in [0, 0.1) is 11.3 Å². The van der Waals surface area contributed by atoms with E-state index in [4.69, 9.17) is 4.42 Å². The summed E-state index contributed by atoms with van der Waals surface area (Å²) in [5.41, 5.74) is 1.41. The number of nitrogens with zero attached hydrogens (tertiary/aromatic N) is 1. The Morgan fingerprint density at radius 3 is 2.47 bits per heavy atom. The van der Waals surface area contributed by atoms with Crippen molar-refractivity contribution in [3.63, 3.8) is 0 Å². The van der Waals surface area contributed by atoms with E-state index in [2.05, 4.69) is 22.5 Å². The van der Waals surface area contributed by atoms with Gasteiger partial charge in [0, 0.05) is 35.4 Å². The van der Waals surface area contributed by atoms with Crippen molar-refractivity contribution in [1.82, 2.24) is 20.5 Å². The van der Waals surface area contributed by atoms with Crippen LogP contribution in [0.5, 0.6) is 0 Å². The number of benzene rings is 2. The van der Waals surface area contributed by atoms with E-state index in [0.29, 0.717) is 36.0 Å². The van der Waals surface area contributed by atoms with Crippen LogP contribution < -0.4 is 10.6 Å². The van der Waals surface area contributed by atoms with Gasteiger partial charge in [0.25, 0.3) is 11.8 Å². The molecule has 0 saturated carbocycles. The Morgan fingerprint density at radius 1 is 1.05 bits per heavy atom. The summed E-state index contributed by atoms with van der Waals surface area (Å²) in [4.78, 5) is 44.7. The lowest BCUT2D eigenvalue weighted by Gasteiger charge is -2.31. The average Bonchev–Trinajstić information content (AvgIpc) is 3.60. The van der Waals surface area contributed by atoms with E-state index in [1.807, 2.05) is 69.3 Å². The fourth-order valence-corrected chi connectivity index (χ4v) is 5.22. The first-order valence-corrected chi connectivity index (χ1v) is 13.1. The van der Waals surface area contributed by atoms with Gasteiger partial charge in [-0.15, -0.1) is 0 Å². The third kappa shape index (κ3) is 5.16. The average molecular weight is 515 g/mol. The van der Waals surface area contributed by atoms with Crippen molar-refractivity contribution in [1.29, 1.82) is 0 Å². The maximum absolute atomic E-state index is 13.4. The van der Waals surface area contributed by atoms with E-state index >= 15 is 0 Å². The molecule has 3 amide bonds. The highest BCUT2D eigenvalue weighted by Crippen LogP contribution is 2.27. The van der Waals surface area contributed by atoms with Gasteiger partial charge in [-0.2, -0.15) is 0 Å². The van der Waals surface area contributed by atoms with Gasteiger partial charge >= 0.3 is 0 Å². The minimum Gasteiger partial charge on any atom is -0.451 e. The normalized spacial score (nSPS) is 18.6. The lowest BCUT2D eigenvalue weighted by atomic mass is 9.86. The Bertz CT molecular complexity index is 1430. The fraction of sp³-hybridized carbons (Fsp3) is 0.367. The number of amides is 3. The van der Waals surface area contributed by atoms with Crippen LogP contribution in [0.1, 0.15) is 55.2 Å². The van der Waals surface area contributed by atoms with Crippen LogP contribution in [0.4, 0.5) is 0 Å². The first kappa shape index (κ1) is 25.6. The van der Waals surface area contributed by atoms with Crippen LogP contribution in [-0.4, -0.2) is 52.8 Å².